The lowest BCUT2D eigenvalue weighted by Crippen LogP contribution is -2.44. The number of hydrogen-bond acceptors (Lipinski definition) is 3. The summed E-state index contributed by atoms with van der Waals surface area (Å²) in [5.74, 6) is 0.538. The topological polar surface area (TPSA) is 37.6 Å². The largest absolute Gasteiger partial charge is 0.340 e. The summed E-state index contributed by atoms with van der Waals surface area (Å²) < 4.78 is 3.43. The minimum absolute atomic E-state index is 0.0811. The van der Waals surface area contributed by atoms with Crippen molar-refractivity contribution in [2.45, 2.75) is 52.1 Å². The number of amidine groups is 1. The van der Waals surface area contributed by atoms with E-state index in [2.05, 4.69) is 89.0 Å². The predicted molar refractivity (Wildman–Crippen MR) is 167 cm³/mol. The summed E-state index contributed by atoms with van der Waals surface area (Å²) in [4.78, 5) is 21.8. The van der Waals surface area contributed by atoms with Crippen molar-refractivity contribution in [2.24, 2.45) is 10.9 Å². The minimum Gasteiger partial charge on any atom is -0.340 e. The van der Waals surface area contributed by atoms with Crippen molar-refractivity contribution >= 4 is 61.4 Å². The summed E-state index contributed by atoms with van der Waals surface area (Å²) in [5.41, 5.74) is 5.56. The molecular weight excluding hydrogens is 566 g/mol. The quantitative estimate of drug-likeness (QED) is 0.215. The molecule has 2 fully saturated rings. The van der Waals surface area contributed by atoms with Gasteiger partial charge in [-0.25, -0.2) is 4.99 Å². The van der Waals surface area contributed by atoms with E-state index in [0.717, 1.165) is 57.3 Å². The van der Waals surface area contributed by atoms with Crippen LogP contribution in [0.5, 0.6) is 0 Å². The number of benzene rings is 3. The maximum Gasteiger partial charge on any atom is 0.267 e. The molecule has 2 atom stereocenters. The normalized spacial score (nSPS) is 21.9. The standard InChI is InChI=1S/C33H32BrN3OS/c1-22-10-6-8-14-29(22)37-32(38)31(39-33(37)35-26-11-4-3-5-12-26)20-28-23(2)36(30-15-9-7-13-27(28)30)21-24-16-18-25(34)19-17-24/h3-5,7,9,11-13,15-20,22,29H,6,8,10,14,21H2,1-2H3/b31-20-,35-33?/t22-,29-/m0/s1. The second kappa shape index (κ2) is 11.2. The third kappa shape index (κ3) is 5.24. The predicted octanol–water partition coefficient (Wildman–Crippen LogP) is 8.94. The Balaban J connectivity index is 1.42. The molecule has 2 heterocycles. The van der Waals surface area contributed by atoms with Gasteiger partial charge in [0.2, 0.25) is 0 Å². The highest BCUT2D eigenvalue weighted by molar-refractivity contribution is 9.10. The Bertz CT molecular complexity index is 1570. The van der Waals surface area contributed by atoms with Crippen molar-refractivity contribution in [3.05, 3.63) is 105 Å². The molecule has 0 spiro atoms. The molecule has 1 aromatic heterocycles. The summed E-state index contributed by atoms with van der Waals surface area (Å²) in [5, 5.41) is 1.96. The van der Waals surface area contributed by atoms with Crippen LogP contribution in [0.4, 0.5) is 5.69 Å². The average Bonchev–Trinajstić information content (AvgIpc) is 3.39. The fraction of sp³-hybridized carbons (Fsp3) is 0.273. The number of carbonyl (C=O) groups excluding carboxylic acids is 1. The van der Waals surface area contributed by atoms with Crippen LogP contribution < -0.4 is 0 Å². The Morgan fingerprint density at radius 1 is 0.974 bits per heavy atom. The highest BCUT2D eigenvalue weighted by atomic mass is 79.9. The van der Waals surface area contributed by atoms with Gasteiger partial charge in [0.15, 0.2) is 5.17 Å². The van der Waals surface area contributed by atoms with Gasteiger partial charge in [-0.05, 0) is 79.4 Å². The number of carbonyl (C=O) groups is 1. The molecule has 39 heavy (non-hydrogen) atoms. The van der Waals surface area contributed by atoms with Crippen molar-refractivity contribution in [1.29, 1.82) is 0 Å². The number of aromatic nitrogens is 1. The van der Waals surface area contributed by atoms with Crippen molar-refractivity contribution in [1.82, 2.24) is 9.47 Å². The van der Waals surface area contributed by atoms with Gasteiger partial charge in [-0.2, -0.15) is 0 Å². The number of fused-ring (bicyclic) bond motifs is 1. The van der Waals surface area contributed by atoms with Gasteiger partial charge < -0.3 is 4.57 Å². The maximum atomic E-state index is 14.1. The smallest absolute Gasteiger partial charge is 0.267 e. The molecule has 1 saturated carbocycles. The van der Waals surface area contributed by atoms with E-state index in [4.69, 9.17) is 4.99 Å². The SMILES string of the molecule is Cc1c(/C=C2\SC(=Nc3ccccc3)N([C@H]3CCCC[C@@H]3C)C2=O)c2ccccc2n1Cc1ccc(Br)cc1. The molecule has 0 N–H and O–H groups in total. The molecule has 0 unspecified atom stereocenters. The number of nitrogens with zero attached hydrogens (tertiary/aromatic N) is 3. The zero-order valence-corrected chi connectivity index (χ0v) is 24.7. The van der Waals surface area contributed by atoms with Gasteiger partial charge >= 0.3 is 0 Å². The Kier molecular flexibility index (Phi) is 7.50. The molecule has 1 aliphatic heterocycles. The summed E-state index contributed by atoms with van der Waals surface area (Å²) in [7, 11) is 0. The molecule has 1 amide bonds. The van der Waals surface area contributed by atoms with Gasteiger partial charge in [-0.3, -0.25) is 9.69 Å². The number of thioether (sulfide) groups is 1. The lowest BCUT2D eigenvalue weighted by molar-refractivity contribution is -0.124. The van der Waals surface area contributed by atoms with Gasteiger partial charge in [0.25, 0.3) is 5.91 Å². The van der Waals surface area contributed by atoms with E-state index < -0.39 is 0 Å². The number of para-hydroxylation sites is 2. The van der Waals surface area contributed by atoms with Crippen LogP contribution >= 0.6 is 27.7 Å². The molecular formula is C33H32BrN3OS. The fourth-order valence-corrected chi connectivity index (χ4v) is 7.19. The molecule has 2 aliphatic rings. The van der Waals surface area contributed by atoms with Crippen LogP contribution in [0, 0.1) is 12.8 Å². The zero-order chi connectivity index (χ0) is 26.9. The van der Waals surface area contributed by atoms with Gasteiger partial charge in [-0.15, -0.1) is 0 Å². The Labute approximate surface area is 242 Å². The Hall–Kier alpha value is -3.09. The average molecular weight is 599 g/mol. The van der Waals surface area contributed by atoms with E-state index in [-0.39, 0.29) is 11.9 Å². The molecule has 1 saturated heterocycles. The molecule has 3 aromatic carbocycles. The molecule has 4 aromatic rings. The van der Waals surface area contributed by atoms with Crippen LogP contribution in [-0.4, -0.2) is 26.6 Å². The van der Waals surface area contributed by atoms with Crippen molar-refractivity contribution < 1.29 is 4.79 Å². The number of hydrogen-bond donors (Lipinski definition) is 0. The molecule has 6 rings (SSSR count). The van der Waals surface area contributed by atoms with E-state index in [1.54, 1.807) is 0 Å². The fourth-order valence-electron chi connectivity index (χ4n) is 5.90. The highest BCUT2D eigenvalue weighted by Crippen LogP contribution is 2.41. The van der Waals surface area contributed by atoms with Crippen LogP contribution in [0.15, 0.2) is 93.2 Å². The minimum atomic E-state index is 0.0811. The van der Waals surface area contributed by atoms with Gasteiger partial charge in [0.1, 0.15) is 0 Å². The van der Waals surface area contributed by atoms with E-state index in [1.807, 2.05) is 35.2 Å². The molecule has 1 aliphatic carbocycles. The van der Waals surface area contributed by atoms with Crippen LogP contribution in [0.2, 0.25) is 0 Å². The second-order valence-electron chi connectivity index (χ2n) is 10.6. The van der Waals surface area contributed by atoms with Gasteiger partial charge in [0, 0.05) is 39.2 Å². The summed E-state index contributed by atoms with van der Waals surface area (Å²) >= 11 is 5.06. The maximum absolute atomic E-state index is 14.1. The van der Waals surface area contributed by atoms with E-state index >= 15 is 0 Å². The lowest BCUT2D eigenvalue weighted by atomic mass is 9.85. The molecule has 6 heteroatoms. The first-order valence-electron chi connectivity index (χ1n) is 13.7. The summed E-state index contributed by atoms with van der Waals surface area (Å²) in [6.45, 7) is 5.22. The molecule has 4 nitrogen and oxygen atoms in total. The van der Waals surface area contributed by atoms with Crippen LogP contribution in [-0.2, 0) is 11.3 Å². The van der Waals surface area contributed by atoms with Crippen molar-refractivity contribution in [3.63, 3.8) is 0 Å². The van der Waals surface area contributed by atoms with E-state index in [1.165, 1.54) is 34.6 Å². The first-order valence-corrected chi connectivity index (χ1v) is 15.3. The van der Waals surface area contributed by atoms with Crippen molar-refractivity contribution in [3.8, 4) is 0 Å². The number of rotatable bonds is 5. The van der Waals surface area contributed by atoms with E-state index in [9.17, 15) is 4.79 Å². The van der Waals surface area contributed by atoms with Crippen LogP contribution in [0.1, 0.15) is 49.4 Å². The number of amides is 1. The summed E-state index contributed by atoms with van der Waals surface area (Å²) in [6.07, 6.45) is 6.68. The molecule has 198 valence electrons. The van der Waals surface area contributed by atoms with E-state index in [0.29, 0.717) is 5.92 Å². The second-order valence-corrected chi connectivity index (χ2v) is 12.5. The number of aliphatic imine (C=N–C) groups is 1. The highest BCUT2D eigenvalue weighted by Gasteiger charge is 2.41. The van der Waals surface area contributed by atoms with Crippen LogP contribution in [0.3, 0.4) is 0 Å². The monoisotopic (exact) mass is 597 g/mol. The lowest BCUT2D eigenvalue weighted by Gasteiger charge is -2.35. The van der Waals surface area contributed by atoms with Gasteiger partial charge in [-0.1, -0.05) is 84.2 Å². The first kappa shape index (κ1) is 26.1. The number of halogens is 1. The third-order valence-corrected chi connectivity index (χ3v) is 9.54. The molecule has 0 radical (unpaired) electrons. The van der Waals surface area contributed by atoms with Crippen LogP contribution in [0.25, 0.3) is 17.0 Å². The Morgan fingerprint density at radius 2 is 1.69 bits per heavy atom. The Morgan fingerprint density at radius 3 is 2.46 bits per heavy atom. The summed E-state index contributed by atoms with van der Waals surface area (Å²) in [6, 6.07) is 27.2. The first-order chi connectivity index (χ1) is 19.0. The van der Waals surface area contributed by atoms with Crippen molar-refractivity contribution in [2.75, 3.05) is 0 Å². The molecule has 0 bridgehead atoms. The zero-order valence-electron chi connectivity index (χ0n) is 22.3. The van der Waals surface area contributed by atoms with Gasteiger partial charge in [0.05, 0.1) is 10.6 Å². The third-order valence-electron chi connectivity index (χ3n) is 8.02.